The van der Waals surface area contributed by atoms with E-state index >= 15 is 0 Å². The number of nitrogens with zero attached hydrogens (tertiary/aromatic N) is 2. The van der Waals surface area contributed by atoms with Crippen LogP contribution in [0.4, 0.5) is 0 Å². The third-order valence-corrected chi connectivity index (χ3v) is 5.27. The van der Waals surface area contributed by atoms with Gasteiger partial charge in [-0.1, -0.05) is 48.0 Å². The zero-order valence-electron chi connectivity index (χ0n) is 17.0. The molecule has 0 saturated carbocycles. The molecule has 4 rings (SSSR count). The first-order chi connectivity index (χ1) is 13.5. The van der Waals surface area contributed by atoms with Crippen LogP contribution in [-0.2, 0) is 13.2 Å². The second-order valence-corrected chi connectivity index (χ2v) is 7.59. The Kier molecular flexibility index (Phi) is 4.91. The van der Waals surface area contributed by atoms with Crippen molar-refractivity contribution in [2.75, 3.05) is 0 Å². The van der Waals surface area contributed by atoms with Gasteiger partial charge in [-0.3, -0.25) is 0 Å². The summed E-state index contributed by atoms with van der Waals surface area (Å²) >= 11 is 0. The number of fused-ring (bicyclic) bond motifs is 1. The Morgan fingerprint density at radius 1 is 0.821 bits per heavy atom. The maximum Gasteiger partial charge on any atom is 0.148 e. The van der Waals surface area contributed by atoms with E-state index in [0.717, 1.165) is 34.7 Å². The van der Waals surface area contributed by atoms with Crippen molar-refractivity contribution in [2.45, 2.75) is 40.8 Å². The number of imidazole rings is 1. The van der Waals surface area contributed by atoms with Crippen LogP contribution >= 0.6 is 0 Å². The van der Waals surface area contributed by atoms with Crippen LogP contribution in [0.3, 0.4) is 0 Å². The van der Waals surface area contributed by atoms with Gasteiger partial charge in [-0.25, -0.2) is 4.98 Å². The molecule has 0 unspecified atom stereocenters. The lowest BCUT2D eigenvalue weighted by molar-refractivity contribution is 0.289. The van der Waals surface area contributed by atoms with E-state index in [1.807, 2.05) is 6.07 Å². The van der Waals surface area contributed by atoms with Crippen molar-refractivity contribution in [2.24, 2.45) is 0 Å². The minimum atomic E-state index is 0.448. The predicted molar refractivity (Wildman–Crippen MR) is 115 cm³/mol. The summed E-state index contributed by atoms with van der Waals surface area (Å²) in [4.78, 5) is 4.87. The maximum atomic E-state index is 6.18. The van der Waals surface area contributed by atoms with Crippen molar-refractivity contribution >= 4 is 11.0 Å². The lowest BCUT2D eigenvalue weighted by atomic mass is 10.1. The number of aryl methyl sites for hydroxylation is 4. The molecule has 0 radical (unpaired) electrons. The smallest absolute Gasteiger partial charge is 0.148 e. The zero-order chi connectivity index (χ0) is 19.7. The molecule has 0 amide bonds. The molecule has 4 aromatic rings. The quantitative estimate of drug-likeness (QED) is 0.437. The predicted octanol–water partition coefficient (Wildman–Crippen LogP) is 5.90. The Hall–Kier alpha value is -3.07. The van der Waals surface area contributed by atoms with Crippen LogP contribution in [0.1, 0.15) is 33.6 Å². The van der Waals surface area contributed by atoms with E-state index in [1.165, 1.54) is 22.3 Å². The number of aromatic nitrogens is 2. The summed E-state index contributed by atoms with van der Waals surface area (Å²) in [5, 5.41) is 0. The molecule has 3 nitrogen and oxygen atoms in total. The van der Waals surface area contributed by atoms with E-state index in [-0.39, 0.29) is 0 Å². The molecule has 142 valence electrons. The summed E-state index contributed by atoms with van der Waals surface area (Å²) in [5.74, 6) is 1.87. The number of rotatable bonds is 5. The third-order valence-electron chi connectivity index (χ3n) is 5.27. The van der Waals surface area contributed by atoms with Gasteiger partial charge in [-0.15, -0.1) is 0 Å². The Labute approximate surface area is 166 Å². The number of hydrogen-bond acceptors (Lipinski definition) is 2. The van der Waals surface area contributed by atoms with Crippen molar-refractivity contribution in [3.63, 3.8) is 0 Å². The maximum absolute atomic E-state index is 6.18. The fraction of sp³-hybridized carbons (Fsp3) is 0.240. The van der Waals surface area contributed by atoms with Gasteiger partial charge < -0.3 is 9.30 Å². The minimum absolute atomic E-state index is 0.448. The number of hydrogen-bond donors (Lipinski definition) is 0. The van der Waals surface area contributed by atoms with E-state index in [9.17, 15) is 0 Å². The van der Waals surface area contributed by atoms with Gasteiger partial charge in [0.15, 0.2) is 0 Å². The second kappa shape index (κ2) is 7.51. The molecule has 1 aromatic heterocycles. The Morgan fingerprint density at radius 2 is 1.54 bits per heavy atom. The Bertz CT molecular complexity index is 1140. The van der Waals surface area contributed by atoms with Crippen LogP contribution in [0.5, 0.6) is 5.75 Å². The van der Waals surface area contributed by atoms with Crippen molar-refractivity contribution in [1.29, 1.82) is 0 Å². The van der Waals surface area contributed by atoms with E-state index in [0.29, 0.717) is 6.61 Å². The minimum Gasteiger partial charge on any atom is -0.485 e. The molecular weight excluding hydrogens is 344 g/mol. The molecule has 0 spiro atoms. The van der Waals surface area contributed by atoms with Crippen LogP contribution in [0.2, 0.25) is 0 Å². The van der Waals surface area contributed by atoms with Gasteiger partial charge in [0.1, 0.15) is 18.2 Å². The van der Waals surface area contributed by atoms with Gasteiger partial charge >= 0.3 is 0 Å². The molecule has 0 bridgehead atoms. The molecule has 0 aliphatic carbocycles. The van der Waals surface area contributed by atoms with Crippen molar-refractivity contribution in [3.8, 4) is 5.75 Å². The van der Waals surface area contributed by atoms with Crippen molar-refractivity contribution in [3.05, 3.63) is 94.3 Å². The van der Waals surface area contributed by atoms with Gasteiger partial charge in [-0.05, 0) is 68.1 Å². The van der Waals surface area contributed by atoms with Crippen LogP contribution in [-0.4, -0.2) is 9.55 Å². The second-order valence-electron chi connectivity index (χ2n) is 7.59. The summed E-state index contributed by atoms with van der Waals surface area (Å²) in [5.41, 5.74) is 8.38. The molecule has 0 fully saturated rings. The highest BCUT2D eigenvalue weighted by Crippen LogP contribution is 2.23. The highest BCUT2D eigenvalue weighted by Gasteiger charge is 2.13. The van der Waals surface area contributed by atoms with Gasteiger partial charge in [0.05, 0.1) is 11.0 Å². The van der Waals surface area contributed by atoms with E-state index in [4.69, 9.17) is 9.72 Å². The molecule has 0 N–H and O–H groups in total. The molecule has 1 heterocycles. The highest BCUT2D eigenvalue weighted by molar-refractivity contribution is 5.76. The van der Waals surface area contributed by atoms with E-state index in [2.05, 4.69) is 86.9 Å². The van der Waals surface area contributed by atoms with Crippen LogP contribution in [0.15, 0.2) is 60.7 Å². The lowest BCUT2D eigenvalue weighted by Crippen LogP contribution is -2.10. The Morgan fingerprint density at radius 3 is 2.36 bits per heavy atom. The van der Waals surface area contributed by atoms with Gasteiger partial charge in [0.25, 0.3) is 0 Å². The molecule has 0 aliphatic rings. The molecule has 0 aliphatic heterocycles. The SMILES string of the molecule is Cc1ccc(C)c(Cn2c(COc3cc(C)ccc3C)nc3ccccc32)c1. The summed E-state index contributed by atoms with van der Waals surface area (Å²) in [6.07, 6.45) is 0. The first kappa shape index (κ1) is 18.3. The molecule has 0 saturated heterocycles. The molecule has 0 atom stereocenters. The van der Waals surface area contributed by atoms with Gasteiger partial charge in [0, 0.05) is 6.54 Å². The average molecular weight is 370 g/mol. The third kappa shape index (κ3) is 3.65. The van der Waals surface area contributed by atoms with Crippen molar-refractivity contribution < 1.29 is 4.74 Å². The summed E-state index contributed by atoms with van der Waals surface area (Å²) in [6, 6.07) is 21.2. The van der Waals surface area contributed by atoms with Gasteiger partial charge in [-0.2, -0.15) is 0 Å². The summed E-state index contributed by atoms with van der Waals surface area (Å²) in [6.45, 7) is 9.71. The van der Waals surface area contributed by atoms with E-state index < -0.39 is 0 Å². The van der Waals surface area contributed by atoms with Crippen LogP contribution in [0, 0.1) is 27.7 Å². The zero-order valence-corrected chi connectivity index (χ0v) is 17.0. The number of para-hydroxylation sites is 2. The van der Waals surface area contributed by atoms with Crippen LogP contribution < -0.4 is 4.74 Å². The normalized spacial score (nSPS) is 11.1. The number of benzene rings is 3. The fourth-order valence-corrected chi connectivity index (χ4v) is 3.56. The average Bonchev–Trinajstić information content (AvgIpc) is 3.03. The van der Waals surface area contributed by atoms with Crippen molar-refractivity contribution in [1.82, 2.24) is 9.55 Å². The fourth-order valence-electron chi connectivity index (χ4n) is 3.56. The molecule has 28 heavy (non-hydrogen) atoms. The topological polar surface area (TPSA) is 27.1 Å². The first-order valence-electron chi connectivity index (χ1n) is 9.71. The largest absolute Gasteiger partial charge is 0.485 e. The van der Waals surface area contributed by atoms with E-state index in [1.54, 1.807) is 0 Å². The lowest BCUT2D eigenvalue weighted by Gasteiger charge is -2.14. The Balaban J connectivity index is 1.71. The first-order valence-corrected chi connectivity index (χ1v) is 9.71. The number of ether oxygens (including phenoxy) is 1. The monoisotopic (exact) mass is 370 g/mol. The highest BCUT2D eigenvalue weighted by atomic mass is 16.5. The summed E-state index contributed by atoms with van der Waals surface area (Å²) < 4.78 is 8.46. The summed E-state index contributed by atoms with van der Waals surface area (Å²) in [7, 11) is 0. The molecular formula is C25H26N2O. The van der Waals surface area contributed by atoms with Gasteiger partial charge in [0.2, 0.25) is 0 Å². The molecule has 3 heteroatoms. The molecule has 3 aromatic carbocycles. The van der Waals surface area contributed by atoms with Crippen LogP contribution in [0.25, 0.3) is 11.0 Å². The standard InChI is InChI=1S/C25H26N2O/c1-17-9-11-19(3)21(13-17)15-27-23-8-6-5-7-22(23)26-25(27)16-28-24-14-18(2)10-12-20(24)4/h5-14H,15-16H2,1-4H3.